The molecule has 0 atom stereocenters. The first kappa shape index (κ1) is 33.0. The predicted molar refractivity (Wildman–Crippen MR) is 156 cm³/mol. The molecule has 4 aromatic carbocycles. The molecule has 0 aliphatic carbocycles. The minimum atomic E-state index is -4.72. The second kappa shape index (κ2) is 12.6. The summed E-state index contributed by atoms with van der Waals surface area (Å²) in [6.45, 7) is -0.502. The molecule has 0 aromatic heterocycles. The highest BCUT2D eigenvalue weighted by atomic mass is 19.4. The maximum absolute atomic E-state index is 13.6. The van der Waals surface area contributed by atoms with Gasteiger partial charge in [-0.05, 0) is 71.3 Å². The van der Waals surface area contributed by atoms with Gasteiger partial charge in [-0.25, -0.2) is 0 Å². The number of nitrogens with two attached hydrogens (primary N) is 3. The van der Waals surface area contributed by atoms with Gasteiger partial charge in [0.1, 0.15) is 0 Å². The average Bonchev–Trinajstić information content (AvgIpc) is 2.93. The van der Waals surface area contributed by atoms with Crippen LogP contribution in [0.25, 0.3) is 0 Å². The van der Waals surface area contributed by atoms with Crippen LogP contribution in [0, 0.1) is 0 Å². The van der Waals surface area contributed by atoms with Crippen LogP contribution in [0.5, 0.6) is 0 Å². The molecule has 4 aromatic rings. The Labute approximate surface area is 251 Å². The third-order valence-electron chi connectivity index (χ3n) is 6.61. The molecular formula is C30H27F9N6. The molecule has 0 aliphatic heterocycles. The average molecular weight is 643 g/mol. The molecule has 4 rings (SSSR count). The fourth-order valence-electron chi connectivity index (χ4n) is 4.59. The van der Waals surface area contributed by atoms with Crippen molar-refractivity contribution < 1.29 is 39.5 Å². The van der Waals surface area contributed by atoms with Gasteiger partial charge in [0.05, 0.1) is 16.7 Å². The summed E-state index contributed by atoms with van der Waals surface area (Å²) in [6, 6.07) is 14.3. The Morgan fingerprint density at radius 3 is 0.867 bits per heavy atom. The fourth-order valence-corrected chi connectivity index (χ4v) is 4.59. The van der Waals surface area contributed by atoms with Gasteiger partial charge in [-0.2, -0.15) is 39.5 Å². The number of benzene rings is 4. The van der Waals surface area contributed by atoms with Crippen LogP contribution in [0.2, 0.25) is 0 Å². The zero-order valence-electron chi connectivity index (χ0n) is 23.2. The summed E-state index contributed by atoms with van der Waals surface area (Å²) in [7, 11) is 0. The summed E-state index contributed by atoms with van der Waals surface area (Å²) in [5.41, 5.74) is 13.7. The molecule has 0 bridgehead atoms. The number of anilines is 6. The molecule has 45 heavy (non-hydrogen) atoms. The van der Waals surface area contributed by atoms with Crippen LogP contribution in [0.15, 0.2) is 72.8 Å². The molecule has 0 saturated heterocycles. The summed E-state index contributed by atoms with van der Waals surface area (Å²) in [5.74, 6) is 0. The first-order valence-electron chi connectivity index (χ1n) is 13.1. The molecule has 15 heteroatoms. The molecule has 0 heterocycles. The highest BCUT2D eigenvalue weighted by Crippen LogP contribution is 2.38. The van der Waals surface area contributed by atoms with Crippen molar-refractivity contribution in [2.45, 2.75) is 38.2 Å². The Hall–Kier alpha value is -4.95. The van der Waals surface area contributed by atoms with Crippen LogP contribution in [0.3, 0.4) is 0 Å². The first-order valence-corrected chi connectivity index (χ1v) is 13.1. The van der Waals surface area contributed by atoms with E-state index in [1.54, 1.807) is 18.2 Å². The quantitative estimate of drug-likeness (QED) is 0.0809. The lowest BCUT2D eigenvalue weighted by atomic mass is 10.0. The van der Waals surface area contributed by atoms with E-state index in [-0.39, 0.29) is 53.8 Å². The van der Waals surface area contributed by atoms with E-state index in [4.69, 9.17) is 17.2 Å². The monoisotopic (exact) mass is 642 g/mol. The predicted octanol–water partition coefficient (Wildman–Crippen LogP) is 8.33. The molecule has 0 radical (unpaired) electrons. The normalized spacial score (nSPS) is 12.2. The minimum absolute atomic E-state index is 0.101. The summed E-state index contributed by atoms with van der Waals surface area (Å²) >= 11 is 0. The SMILES string of the molecule is Nc1ccc(NCc2cc(CNc3ccc(N)cc3C(F)(F)F)cc(CNc3ccc(N)cc3C(F)(F)F)c2)c(C(F)(F)F)c1. The van der Waals surface area contributed by atoms with Crippen LogP contribution in [0.1, 0.15) is 33.4 Å². The van der Waals surface area contributed by atoms with E-state index in [1.165, 1.54) is 18.2 Å². The van der Waals surface area contributed by atoms with Crippen molar-refractivity contribution in [2.75, 3.05) is 33.2 Å². The Morgan fingerprint density at radius 2 is 0.644 bits per heavy atom. The third-order valence-corrected chi connectivity index (χ3v) is 6.61. The molecule has 240 valence electrons. The van der Waals surface area contributed by atoms with Crippen LogP contribution in [0.4, 0.5) is 73.6 Å². The maximum atomic E-state index is 13.6. The molecule has 0 unspecified atom stereocenters. The number of hydrogen-bond donors (Lipinski definition) is 6. The van der Waals surface area contributed by atoms with Gasteiger partial charge in [0, 0.05) is 53.8 Å². The third kappa shape index (κ3) is 8.58. The Bertz CT molecular complexity index is 1460. The summed E-state index contributed by atoms with van der Waals surface area (Å²) in [6.07, 6.45) is -14.2. The van der Waals surface area contributed by atoms with Crippen molar-refractivity contribution in [1.82, 2.24) is 0 Å². The second-order valence-corrected chi connectivity index (χ2v) is 10.1. The highest BCUT2D eigenvalue weighted by Gasteiger charge is 2.35. The lowest BCUT2D eigenvalue weighted by Crippen LogP contribution is -2.14. The lowest BCUT2D eigenvalue weighted by molar-refractivity contribution is -0.137. The fraction of sp³-hybridized carbons (Fsp3) is 0.200. The van der Waals surface area contributed by atoms with Gasteiger partial charge in [-0.15, -0.1) is 0 Å². The second-order valence-electron chi connectivity index (χ2n) is 10.1. The number of alkyl halides is 9. The van der Waals surface area contributed by atoms with E-state index in [0.717, 1.165) is 36.4 Å². The summed E-state index contributed by atoms with van der Waals surface area (Å²) < 4.78 is 122. The Morgan fingerprint density at radius 1 is 0.400 bits per heavy atom. The van der Waals surface area contributed by atoms with Crippen molar-refractivity contribution in [3.63, 3.8) is 0 Å². The van der Waals surface area contributed by atoms with Crippen molar-refractivity contribution in [3.05, 3.63) is 106 Å². The number of nitrogen functional groups attached to an aromatic ring is 3. The molecule has 0 fully saturated rings. The number of nitrogens with one attached hydrogen (secondary N) is 3. The first-order chi connectivity index (χ1) is 20.9. The van der Waals surface area contributed by atoms with Crippen LogP contribution < -0.4 is 33.2 Å². The smallest absolute Gasteiger partial charge is 0.399 e. The number of rotatable bonds is 9. The lowest BCUT2D eigenvalue weighted by Gasteiger charge is -2.18. The molecule has 9 N–H and O–H groups in total. The van der Waals surface area contributed by atoms with Crippen molar-refractivity contribution >= 4 is 34.1 Å². The Balaban J connectivity index is 1.65. The van der Waals surface area contributed by atoms with Crippen LogP contribution >= 0.6 is 0 Å². The Kier molecular flexibility index (Phi) is 9.21. The molecule has 0 amide bonds. The standard InChI is InChI=1S/C30H27F9N6/c31-28(32,33)22-10-19(40)1-4-25(22)43-13-16-7-17(14-44-26-5-2-20(41)11-23(26)29(34,35)36)9-18(8-16)15-45-27-6-3-21(42)12-24(27)30(37,38)39/h1-12,43-45H,13-15,40-42H2. The van der Waals surface area contributed by atoms with E-state index in [1.807, 2.05) is 0 Å². The van der Waals surface area contributed by atoms with Crippen molar-refractivity contribution in [1.29, 1.82) is 0 Å². The van der Waals surface area contributed by atoms with Gasteiger partial charge in [-0.3, -0.25) is 0 Å². The number of hydrogen-bond acceptors (Lipinski definition) is 6. The van der Waals surface area contributed by atoms with Gasteiger partial charge in [0.25, 0.3) is 0 Å². The molecule has 0 saturated carbocycles. The molecule has 0 spiro atoms. The zero-order valence-corrected chi connectivity index (χ0v) is 23.2. The summed E-state index contributed by atoms with van der Waals surface area (Å²) in [5, 5.41) is 8.08. The number of halogens is 9. The molecule has 6 nitrogen and oxygen atoms in total. The molecular weight excluding hydrogens is 615 g/mol. The van der Waals surface area contributed by atoms with Gasteiger partial charge >= 0.3 is 18.5 Å². The summed E-state index contributed by atoms with van der Waals surface area (Å²) in [4.78, 5) is 0. The topological polar surface area (TPSA) is 114 Å². The van der Waals surface area contributed by atoms with Crippen LogP contribution in [-0.2, 0) is 38.2 Å². The van der Waals surface area contributed by atoms with Gasteiger partial charge in [-0.1, -0.05) is 18.2 Å². The molecule has 0 aliphatic rings. The van der Waals surface area contributed by atoms with Gasteiger partial charge in [0.2, 0.25) is 0 Å². The maximum Gasteiger partial charge on any atom is 0.418 e. The van der Waals surface area contributed by atoms with E-state index >= 15 is 0 Å². The van der Waals surface area contributed by atoms with E-state index < -0.39 is 35.2 Å². The zero-order chi connectivity index (χ0) is 33.2. The van der Waals surface area contributed by atoms with E-state index in [9.17, 15) is 39.5 Å². The van der Waals surface area contributed by atoms with Crippen molar-refractivity contribution in [3.8, 4) is 0 Å². The van der Waals surface area contributed by atoms with Gasteiger partial charge < -0.3 is 33.2 Å². The van der Waals surface area contributed by atoms with E-state index in [0.29, 0.717) is 16.7 Å². The highest BCUT2D eigenvalue weighted by molar-refractivity contribution is 5.62. The van der Waals surface area contributed by atoms with Crippen molar-refractivity contribution in [2.24, 2.45) is 0 Å². The largest absolute Gasteiger partial charge is 0.418 e. The van der Waals surface area contributed by atoms with Gasteiger partial charge in [0.15, 0.2) is 0 Å². The minimum Gasteiger partial charge on any atom is -0.399 e. The van der Waals surface area contributed by atoms with Crippen LogP contribution in [-0.4, -0.2) is 0 Å². The van der Waals surface area contributed by atoms with E-state index in [2.05, 4.69) is 16.0 Å².